The summed E-state index contributed by atoms with van der Waals surface area (Å²) in [7, 11) is 0. The van der Waals surface area contributed by atoms with Crippen LogP contribution in [0.4, 0.5) is 0 Å². The van der Waals surface area contributed by atoms with E-state index in [2.05, 4.69) is 5.32 Å². The molecule has 1 amide bonds. The van der Waals surface area contributed by atoms with E-state index in [9.17, 15) is 9.59 Å². The number of nitrogens with one attached hydrogen (secondary N) is 1. The molecule has 1 aromatic rings. The van der Waals surface area contributed by atoms with Gasteiger partial charge in [0.05, 0.1) is 0 Å². The Kier molecular flexibility index (Phi) is 4.89. The van der Waals surface area contributed by atoms with Crippen molar-refractivity contribution in [1.82, 2.24) is 5.32 Å². The third-order valence-corrected chi connectivity index (χ3v) is 2.37. The zero-order valence-electron chi connectivity index (χ0n) is 11.2. The lowest BCUT2D eigenvalue weighted by Crippen LogP contribution is -2.40. The van der Waals surface area contributed by atoms with Gasteiger partial charge in [-0.25, -0.2) is 0 Å². The van der Waals surface area contributed by atoms with Crippen LogP contribution in [-0.4, -0.2) is 23.8 Å². The topological polar surface area (TPSA) is 55.4 Å². The maximum atomic E-state index is 11.6. The summed E-state index contributed by atoms with van der Waals surface area (Å²) in [6.07, 6.45) is -0.560. The van der Waals surface area contributed by atoms with Crippen LogP contribution < -0.4 is 10.1 Å². The number of benzene rings is 1. The Balaban J connectivity index is 2.61. The highest BCUT2D eigenvalue weighted by Gasteiger charge is 2.15. The van der Waals surface area contributed by atoms with E-state index in [1.165, 1.54) is 6.92 Å². The first kappa shape index (κ1) is 14.2. The standard InChI is InChI=1S/C14H19NO3/c1-9(2)15-14(17)11(4)18-13-7-5-12(6-8-13)10(3)16/h5-9,11H,1-4H3,(H,15,17)/t11-/m0/s1. The van der Waals surface area contributed by atoms with Crippen LogP contribution in [0.1, 0.15) is 38.1 Å². The first-order valence-electron chi connectivity index (χ1n) is 5.98. The third kappa shape index (κ3) is 4.20. The first-order chi connectivity index (χ1) is 8.40. The smallest absolute Gasteiger partial charge is 0.260 e. The molecule has 0 aliphatic carbocycles. The van der Waals surface area contributed by atoms with Gasteiger partial charge in [-0.05, 0) is 52.0 Å². The minimum atomic E-state index is -0.560. The van der Waals surface area contributed by atoms with E-state index in [4.69, 9.17) is 4.74 Å². The zero-order chi connectivity index (χ0) is 13.7. The normalized spacial score (nSPS) is 12.1. The molecule has 0 fully saturated rings. The van der Waals surface area contributed by atoms with Crippen LogP contribution >= 0.6 is 0 Å². The van der Waals surface area contributed by atoms with Crippen molar-refractivity contribution in [2.24, 2.45) is 0 Å². The van der Waals surface area contributed by atoms with E-state index in [1.54, 1.807) is 31.2 Å². The number of ether oxygens (including phenoxy) is 1. The molecule has 0 saturated carbocycles. The summed E-state index contributed by atoms with van der Waals surface area (Å²) in [6.45, 7) is 6.99. The molecule has 1 N–H and O–H groups in total. The van der Waals surface area contributed by atoms with Gasteiger partial charge in [0, 0.05) is 11.6 Å². The average molecular weight is 249 g/mol. The quantitative estimate of drug-likeness (QED) is 0.814. The van der Waals surface area contributed by atoms with Crippen LogP contribution in [0.25, 0.3) is 0 Å². The molecule has 4 heteroatoms. The largest absolute Gasteiger partial charge is 0.481 e. The SMILES string of the molecule is CC(=O)c1ccc(O[C@@H](C)C(=O)NC(C)C)cc1. The van der Waals surface area contributed by atoms with Crippen LogP contribution in [0.3, 0.4) is 0 Å². The molecule has 0 bridgehead atoms. The predicted molar refractivity (Wildman–Crippen MR) is 69.8 cm³/mol. The summed E-state index contributed by atoms with van der Waals surface area (Å²) < 4.78 is 5.49. The minimum Gasteiger partial charge on any atom is -0.481 e. The van der Waals surface area contributed by atoms with Crippen molar-refractivity contribution >= 4 is 11.7 Å². The van der Waals surface area contributed by atoms with E-state index in [1.807, 2.05) is 13.8 Å². The molecular weight excluding hydrogens is 230 g/mol. The van der Waals surface area contributed by atoms with Gasteiger partial charge in [-0.15, -0.1) is 0 Å². The lowest BCUT2D eigenvalue weighted by Gasteiger charge is -2.16. The fraction of sp³-hybridized carbons (Fsp3) is 0.429. The van der Waals surface area contributed by atoms with E-state index in [-0.39, 0.29) is 17.7 Å². The van der Waals surface area contributed by atoms with E-state index >= 15 is 0 Å². The van der Waals surface area contributed by atoms with Gasteiger partial charge in [-0.2, -0.15) is 0 Å². The van der Waals surface area contributed by atoms with Crippen molar-refractivity contribution < 1.29 is 14.3 Å². The minimum absolute atomic E-state index is 0.00662. The van der Waals surface area contributed by atoms with Crippen LogP contribution in [0.5, 0.6) is 5.75 Å². The summed E-state index contributed by atoms with van der Waals surface area (Å²) in [5, 5.41) is 2.77. The molecule has 1 atom stereocenters. The van der Waals surface area contributed by atoms with Crippen molar-refractivity contribution in [2.45, 2.75) is 39.8 Å². The molecule has 0 unspecified atom stereocenters. The van der Waals surface area contributed by atoms with E-state index < -0.39 is 6.10 Å². The van der Waals surface area contributed by atoms with Crippen molar-refractivity contribution in [3.05, 3.63) is 29.8 Å². The zero-order valence-corrected chi connectivity index (χ0v) is 11.2. The number of carbonyl (C=O) groups is 2. The molecule has 18 heavy (non-hydrogen) atoms. The number of hydrogen-bond acceptors (Lipinski definition) is 3. The summed E-state index contributed by atoms with van der Waals surface area (Å²) in [6, 6.07) is 6.84. The summed E-state index contributed by atoms with van der Waals surface area (Å²) in [5.74, 6) is 0.430. The highest BCUT2D eigenvalue weighted by molar-refractivity contribution is 5.94. The fourth-order valence-corrected chi connectivity index (χ4v) is 1.43. The Hall–Kier alpha value is -1.84. The summed E-state index contributed by atoms with van der Waals surface area (Å²) >= 11 is 0. The number of amides is 1. The molecular formula is C14H19NO3. The third-order valence-electron chi connectivity index (χ3n) is 2.37. The van der Waals surface area contributed by atoms with E-state index in [0.717, 1.165) is 0 Å². The Morgan fingerprint density at radius 1 is 1.11 bits per heavy atom. The van der Waals surface area contributed by atoms with Crippen LogP contribution in [0, 0.1) is 0 Å². The molecule has 1 aromatic carbocycles. The molecule has 98 valence electrons. The van der Waals surface area contributed by atoms with Gasteiger partial charge in [0.2, 0.25) is 0 Å². The number of hydrogen-bond donors (Lipinski definition) is 1. The molecule has 0 aliphatic rings. The van der Waals surface area contributed by atoms with Gasteiger partial charge in [-0.3, -0.25) is 9.59 Å². The lowest BCUT2D eigenvalue weighted by molar-refractivity contribution is -0.127. The van der Waals surface area contributed by atoms with Gasteiger partial charge >= 0.3 is 0 Å². The highest BCUT2D eigenvalue weighted by Crippen LogP contribution is 2.14. The Bertz CT molecular complexity index is 423. The molecule has 4 nitrogen and oxygen atoms in total. The van der Waals surface area contributed by atoms with Gasteiger partial charge in [0.15, 0.2) is 11.9 Å². The van der Waals surface area contributed by atoms with Crippen molar-refractivity contribution in [2.75, 3.05) is 0 Å². The molecule has 0 spiro atoms. The van der Waals surface area contributed by atoms with Gasteiger partial charge in [0.25, 0.3) is 5.91 Å². The molecule has 0 heterocycles. The summed E-state index contributed by atoms with van der Waals surface area (Å²) in [5.41, 5.74) is 0.627. The van der Waals surface area contributed by atoms with Crippen molar-refractivity contribution in [3.8, 4) is 5.75 Å². The van der Waals surface area contributed by atoms with E-state index in [0.29, 0.717) is 11.3 Å². The Morgan fingerprint density at radius 3 is 2.11 bits per heavy atom. The lowest BCUT2D eigenvalue weighted by atomic mass is 10.1. The average Bonchev–Trinajstić information content (AvgIpc) is 2.28. The maximum absolute atomic E-state index is 11.6. The molecule has 0 radical (unpaired) electrons. The molecule has 0 saturated heterocycles. The van der Waals surface area contributed by atoms with Crippen molar-refractivity contribution in [1.29, 1.82) is 0 Å². The van der Waals surface area contributed by atoms with Gasteiger partial charge in [-0.1, -0.05) is 0 Å². The number of ketones is 1. The number of carbonyl (C=O) groups excluding carboxylic acids is 2. The second-order valence-electron chi connectivity index (χ2n) is 4.50. The highest BCUT2D eigenvalue weighted by atomic mass is 16.5. The van der Waals surface area contributed by atoms with Crippen molar-refractivity contribution in [3.63, 3.8) is 0 Å². The molecule has 0 aromatic heterocycles. The monoisotopic (exact) mass is 249 g/mol. The Morgan fingerprint density at radius 2 is 1.67 bits per heavy atom. The van der Waals surface area contributed by atoms with Crippen LogP contribution in [0.2, 0.25) is 0 Å². The van der Waals surface area contributed by atoms with Crippen LogP contribution in [-0.2, 0) is 4.79 Å². The maximum Gasteiger partial charge on any atom is 0.260 e. The number of Topliss-reactive ketones (excluding diaryl/α,β-unsaturated/α-hetero) is 1. The predicted octanol–water partition coefficient (Wildman–Crippen LogP) is 2.18. The number of rotatable bonds is 5. The van der Waals surface area contributed by atoms with Crippen LogP contribution in [0.15, 0.2) is 24.3 Å². The van der Waals surface area contributed by atoms with Gasteiger partial charge < -0.3 is 10.1 Å². The second-order valence-corrected chi connectivity index (χ2v) is 4.50. The second kappa shape index (κ2) is 6.19. The fourth-order valence-electron chi connectivity index (χ4n) is 1.43. The molecule has 0 aliphatic heterocycles. The van der Waals surface area contributed by atoms with Gasteiger partial charge in [0.1, 0.15) is 5.75 Å². The first-order valence-corrected chi connectivity index (χ1v) is 5.98. The summed E-state index contributed by atoms with van der Waals surface area (Å²) in [4.78, 5) is 22.7. The Labute approximate surface area is 107 Å². The molecule has 1 rings (SSSR count).